The van der Waals surface area contributed by atoms with Crippen molar-refractivity contribution in [1.29, 1.82) is 0 Å². The van der Waals surface area contributed by atoms with Crippen molar-refractivity contribution in [2.75, 3.05) is 0 Å². The van der Waals surface area contributed by atoms with E-state index in [-0.39, 0.29) is 5.97 Å². The first kappa shape index (κ1) is 16.0. The van der Waals surface area contributed by atoms with Crippen molar-refractivity contribution in [3.63, 3.8) is 0 Å². The highest BCUT2D eigenvalue weighted by atomic mass is 16.5. The fourth-order valence-electron chi connectivity index (χ4n) is 1.09. The number of carbonyl (C=O) groups excluding carboxylic acids is 1. The smallest absolute Gasteiger partial charge is 0.316 e. The molecule has 0 saturated heterocycles. The number of esters is 1. The van der Waals surface area contributed by atoms with E-state index >= 15 is 0 Å². The van der Waals surface area contributed by atoms with Crippen molar-refractivity contribution in [3.8, 4) is 0 Å². The zero-order chi connectivity index (χ0) is 13.3. The third kappa shape index (κ3) is 7.78. The van der Waals surface area contributed by atoms with Gasteiger partial charge in [-0.1, -0.05) is 26.3 Å². The topological polar surface area (TPSA) is 26.3 Å². The van der Waals surface area contributed by atoms with Crippen LogP contribution in [-0.4, -0.2) is 5.97 Å². The average molecular weight is 238 g/mol. The number of ether oxygens (including phenoxy) is 1. The van der Waals surface area contributed by atoms with Crippen LogP contribution >= 0.6 is 0 Å². The van der Waals surface area contributed by atoms with E-state index in [4.69, 9.17) is 4.74 Å². The fourth-order valence-corrected chi connectivity index (χ4v) is 1.09. The molecule has 0 aromatic rings. The predicted molar refractivity (Wildman–Crippen MR) is 72.6 cm³/mol. The summed E-state index contributed by atoms with van der Waals surface area (Å²) in [5.74, 6) is 0.501. The molecular formula is C15H26O2. The highest BCUT2D eigenvalue weighted by molar-refractivity contribution is 5.76. The Morgan fingerprint density at radius 3 is 2.35 bits per heavy atom. The van der Waals surface area contributed by atoms with Crippen molar-refractivity contribution in [2.45, 2.75) is 60.3 Å². The molecule has 0 N–H and O–H groups in total. The lowest BCUT2D eigenvalue weighted by Crippen LogP contribution is -2.22. The number of allylic oxidation sites excluding steroid dienone is 3. The summed E-state index contributed by atoms with van der Waals surface area (Å²) >= 11 is 0. The molecule has 0 spiro atoms. The highest BCUT2D eigenvalue weighted by Crippen LogP contribution is 2.18. The molecule has 0 rings (SSSR count). The Bertz CT molecular complexity index is 280. The Morgan fingerprint density at radius 1 is 1.24 bits per heavy atom. The third-order valence-corrected chi connectivity index (χ3v) is 2.24. The molecule has 0 saturated carbocycles. The quantitative estimate of drug-likeness (QED) is 0.292. The molecule has 0 heterocycles. The summed E-state index contributed by atoms with van der Waals surface area (Å²) in [6.07, 6.45) is 10.1. The monoisotopic (exact) mass is 238 g/mol. The molecule has 0 aliphatic carbocycles. The standard InChI is InChI=1S/C15H26O2/c1-6-8-10-12-13(11-9-7-2)17-14(16)15(3,4)5/h9,11-12H,6-8,10H2,1-5H3/b11-9+,13-12-. The molecule has 2 nitrogen and oxygen atoms in total. The average Bonchev–Trinajstić information content (AvgIpc) is 2.24. The van der Waals surface area contributed by atoms with Crippen molar-refractivity contribution in [1.82, 2.24) is 0 Å². The van der Waals surface area contributed by atoms with E-state index in [9.17, 15) is 4.79 Å². The van der Waals surface area contributed by atoms with Gasteiger partial charge in [-0.15, -0.1) is 0 Å². The molecule has 98 valence electrons. The summed E-state index contributed by atoms with van der Waals surface area (Å²) < 4.78 is 5.40. The van der Waals surface area contributed by atoms with Gasteiger partial charge in [0.25, 0.3) is 0 Å². The van der Waals surface area contributed by atoms with Gasteiger partial charge in [0.2, 0.25) is 0 Å². The van der Waals surface area contributed by atoms with Crippen LogP contribution in [0.2, 0.25) is 0 Å². The van der Waals surface area contributed by atoms with Crippen LogP contribution in [0.15, 0.2) is 24.0 Å². The van der Waals surface area contributed by atoms with E-state index in [2.05, 4.69) is 13.8 Å². The molecule has 0 bridgehead atoms. The van der Waals surface area contributed by atoms with Crippen molar-refractivity contribution < 1.29 is 9.53 Å². The summed E-state index contributed by atoms with van der Waals surface area (Å²) in [5.41, 5.74) is -0.454. The molecule has 0 atom stereocenters. The van der Waals surface area contributed by atoms with Gasteiger partial charge in [0, 0.05) is 0 Å². The summed E-state index contributed by atoms with van der Waals surface area (Å²) in [4.78, 5) is 11.8. The van der Waals surface area contributed by atoms with E-state index in [0.717, 1.165) is 25.7 Å². The third-order valence-electron chi connectivity index (χ3n) is 2.24. The zero-order valence-electron chi connectivity index (χ0n) is 11.9. The first-order valence-corrected chi connectivity index (χ1v) is 6.50. The van der Waals surface area contributed by atoms with E-state index in [1.807, 2.05) is 39.0 Å². The fraction of sp³-hybridized carbons (Fsp3) is 0.667. The maximum atomic E-state index is 11.8. The van der Waals surface area contributed by atoms with Crippen molar-refractivity contribution in [2.24, 2.45) is 5.41 Å². The second kappa shape index (κ2) is 8.10. The summed E-state index contributed by atoms with van der Waals surface area (Å²) in [6.45, 7) is 9.80. The molecule has 2 heteroatoms. The van der Waals surface area contributed by atoms with Crippen LogP contribution in [0.25, 0.3) is 0 Å². The van der Waals surface area contributed by atoms with Crippen molar-refractivity contribution in [3.05, 3.63) is 24.0 Å². The van der Waals surface area contributed by atoms with Crippen LogP contribution in [0.5, 0.6) is 0 Å². The number of carbonyl (C=O) groups is 1. The maximum absolute atomic E-state index is 11.8. The molecule has 0 aromatic heterocycles. The van der Waals surface area contributed by atoms with Gasteiger partial charge in [-0.25, -0.2) is 0 Å². The van der Waals surface area contributed by atoms with E-state index < -0.39 is 5.41 Å². The van der Waals surface area contributed by atoms with Gasteiger partial charge in [-0.2, -0.15) is 0 Å². The molecule has 0 fully saturated rings. The molecule has 0 aliphatic heterocycles. The van der Waals surface area contributed by atoms with Gasteiger partial charge in [-0.3, -0.25) is 4.79 Å². The first-order valence-electron chi connectivity index (χ1n) is 6.50. The lowest BCUT2D eigenvalue weighted by molar-refractivity contribution is -0.148. The minimum atomic E-state index is -0.454. The summed E-state index contributed by atoms with van der Waals surface area (Å²) in [7, 11) is 0. The Morgan fingerprint density at radius 2 is 1.88 bits per heavy atom. The lowest BCUT2D eigenvalue weighted by Gasteiger charge is -2.16. The van der Waals surface area contributed by atoms with Gasteiger partial charge >= 0.3 is 5.97 Å². The molecule has 0 amide bonds. The molecule has 0 unspecified atom stereocenters. The highest BCUT2D eigenvalue weighted by Gasteiger charge is 2.23. The molecule has 0 radical (unpaired) electrons. The SMILES string of the molecule is CC/C=C/C(=C/CCCC)OC(=O)C(C)(C)C. The van der Waals surface area contributed by atoms with Crippen LogP contribution in [0.1, 0.15) is 60.3 Å². The van der Waals surface area contributed by atoms with E-state index in [1.54, 1.807) is 0 Å². The Kier molecular flexibility index (Phi) is 7.60. The maximum Gasteiger partial charge on any atom is 0.316 e. The van der Waals surface area contributed by atoms with Crippen LogP contribution < -0.4 is 0 Å². The first-order chi connectivity index (χ1) is 7.91. The van der Waals surface area contributed by atoms with Gasteiger partial charge in [0.1, 0.15) is 5.76 Å². The van der Waals surface area contributed by atoms with Gasteiger partial charge < -0.3 is 4.74 Å². The van der Waals surface area contributed by atoms with Crippen LogP contribution in [0.3, 0.4) is 0 Å². The number of unbranched alkanes of at least 4 members (excludes halogenated alkanes) is 2. The van der Waals surface area contributed by atoms with Crippen molar-refractivity contribution >= 4 is 5.97 Å². The predicted octanol–water partition coefficient (Wildman–Crippen LogP) is 4.62. The normalized spacial score (nSPS) is 13.1. The second-order valence-corrected chi connectivity index (χ2v) is 5.20. The zero-order valence-corrected chi connectivity index (χ0v) is 11.9. The number of hydrogen-bond donors (Lipinski definition) is 0. The second-order valence-electron chi connectivity index (χ2n) is 5.20. The van der Waals surface area contributed by atoms with Crippen LogP contribution in [0, 0.1) is 5.41 Å². The number of hydrogen-bond acceptors (Lipinski definition) is 2. The van der Waals surface area contributed by atoms with Gasteiger partial charge in [0.15, 0.2) is 0 Å². The van der Waals surface area contributed by atoms with Gasteiger partial charge in [-0.05, 0) is 52.2 Å². The summed E-state index contributed by atoms with van der Waals surface area (Å²) in [6, 6.07) is 0. The summed E-state index contributed by atoms with van der Waals surface area (Å²) in [5, 5.41) is 0. The molecule has 0 aliphatic rings. The Balaban J connectivity index is 4.54. The van der Waals surface area contributed by atoms with Gasteiger partial charge in [0.05, 0.1) is 5.41 Å². The largest absolute Gasteiger partial charge is 0.427 e. The van der Waals surface area contributed by atoms with Crippen LogP contribution in [0.4, 0.5) is 0 Å². The Hall–Kier alpha value is -1.05. The number of rotatable bonds is 6. The minimum absolute atomic E-state index is 0.180. The van der Waals surface area contributed by atoms with E-state index in [0.29, 0.717) is 5.76 Å². The molecule has 17 heavy (non-hydrogen) atoms. The van der Waals surface area contributed by atoms with E-state index in [1.165, 1.54) is 0 Å². The Labute approximate surface area is 106 Å². The minimum Gasteiger partial charge on any atom is -0.427 e. The van der Waals surface area contributed by atoms with Crippen LogP contribution in [-0.2, 0) is 9.53 Å². The lowest BCUT2D eigenvalue weighted by atomic mass is 9.97. The molecular weight excluding hydrogens is 212 g/mol. The molecule has 0 aromatic carbocycles.